The van der Waals surface area contributed by atoms with Crippen molar-refractivity contribution in [2.45, 2.75) is 54.7 Å². The maximum Gasteiger partial charge on any atom is 0.0377 e. The van der Waals surface area contributed by atoms with Crippen LogP contribution in [0.25, 0.3) is 0 Å². The first-order valence-electron chi connectivity index (χ1n) is 9.26. The van der Waals surface area contributed by atoms with E-state index >= 15 is 0 Å². The van der Waals surface area contributed by atoms with Crippen LogP contribution in [0, 0.1) is 0 Å². The molecule has 0 nitrogen and oxygen atoms in total. The summed E-state index contributed by atoms with van der Waals surface area (Å²) in [5, 5.41) is 0. The summed E-state index contributed by atoms with van der Waals surface area (Å²) in [4.78, 5) is 2.77. The van der Waals surface area contributed by atoms with Gasteiger partial charge in [-0.2, -0.15) is 0 Å². The van der Waals surface area contributed by atoms with Crippen molar-refractivity contribution in [1.82, 2.24) is 0 Å². The van der Waals surface area contributed by atoms with E-state index < -0.39 is 0 Å². The Hall–Kier alpha value is -1.89. The summed E-state index contributed by atoms with van der Waals surface area (Å²) in [5.74, 6) is 0. The lowest BCUT2D eigenvalue weighted by molar-refractivity contribution is 1.11. The molecule has 0 atom stereocenters. The third-order valence-electron chi connectivity index (χ3n) is 3.99. The molecule has 0 fully saturated rings. The van der Waals surface area contributed by atoms with Crippen LogP contribution in [0.5, 0.6) is 0 Å². The highest BCUT2D eigenvalue weighted by Gasteiger charge is 1.87. The molecule has 0 bridgehead atoms. The van der Waals surface area contributed by atoms with Gasteiger partial charge in [0.15, 0.2) is 0 Å². The van der Waals surface area contributed by atoms with Crippen molar-refractivity contribution < 1.29 is 14.1 Å². The van der Waals surface area contributed by atoms with Gasteiger partial charge >= 0.3 is 0 Å². The van der Waals surface area contributed by atoms with E-state index in [0.717, 1.165) is 33.9 Å². The molecule has 0 aliphatic rings. The van der Waals surface area contributed by atoms with Crippen LogP contribution >= 0.6 is 37.9 Å². The first-order valence-corrected chi connectivity index (χ1v) is 10.5. The van der Waals surface area contributed by atoms with Gasteiger partial charge in [-0.3, -0.25) is 14.1 Å². The molecule has 0 unspecified atom stereocenters. The topological polar surface area (TPSA) is 0 Å². The standard InChI is InChI=1S/3C8H9S.3FH/c3*1-2-7-3-5-8(9)6-4-7;;;/h3*3-6H,2H2,1H3;3*1H. The van der Waals surface area contributed by atoms with Crippen LogP contribution in [0.1, 0.15) is 37.5 Å². The fourth-order valence-electron chi connectivity index (χ4n) is 2.18. The van der Waals surface area contributed by atoms with E-state index in [1.165, 1.54) is 16.7 Å². The Balaban J connectivity index is -0.000000347. The van der Waals surface area contributed by atoms with Gasteiger partial charge in [0, 0.05) is 14.7 Å². The van der Waals surface area contributed by atoms with Gasteiger partial charge in [-0.1, -0.05) is 95.1 Å². The highest BCUT2D eigenvalue weighted by atomic mass is 32.1. The molecule has 6 heteroatoms. The second-order valence-corrected chi connectivity index (χ2v) is 7.41. The van der Waals surface area contributed by atoms with Crippen molar-refractivity contribution >= 4 is 37.9 Å². The largest absolute Gasteiger partial charge is 0.269 e. The van der Waals surface area contributed by atoms with E-state index in [-0.39, 0.29) is 14.1 Å². The SMILES string of the molecule is CCc1ccc([S])cc1.CCc1ccc([S])cc1.CCc1ccc([S])cc1.F.F.F. The molecule has 0 spiro atoms. The second-order valence-electron chi connectivity index (χ2n) is 5.99. The van der Waals surface area contributed by atoms with Gasteiger partial charge in [0.2, 0.25) is 0 Å². The summed E-state index contributed by atoms with van der Waals surface area (Å²) in [7, 11) is 0. The number of halogens is 3. The fraction of sp³-hybridized carbons (Fsp3) is 0.250. The first-order chi connectivity index (χ1) is 13.0. The summed E-state index contributed by atoms with van der Waals surface area (Å²) >= 11 is 14.8. The van der Waals surface area contributed by atoms with Gasteiger partial charge < -0.3 is 0 Å². The molecule has 0 aliphatic carbocycles. The lowest BCUT2D eigenvalue weighted by atomic mass is 10.2. The quantitative estimate of drug-likeness (QED) is 0.358. The molecule has 3 radical (unpaired) electrons. The Bertz CT molecular complexity index is 651. The van der Waals surface area contributed by atoms with Gasteiger partial charge in [0.25, 0.3) is 0 Å². The minimum absolute atomic E-state index is 0. The monoisotopic (exact) mass is 471 g/mol. The minimum atomic E-state index is 0. The Morgan fingerprint density at radius 2 is 0.567 bits per heavy atom. The van der Waals surface area contributed by atoms with E-state index in [0.29, 0.717) is 0 Å². The highest BCUT2D eigenvalue weighted by molar-refractivity contribution is 7.80. The molecular formula is C24H30F3S3. The van der Waals surface area contributed by atoms with Crippen molar-refractivity contribution in [3.63, 3.8) is 0 Å². The number of hydrogen-bond acceptors (Lipinski definition) is 0. The lowest BCUT2D eigenvalue weighted by Gasteiger charge is -1.93. The van der Waals surface area contributed by atoms with Crippen molar-refractivity contribution in [3.05, 3.63) is 89.5 Å². The fourth-order valence-corrected chi connectivity index (χ4v) is 2.58. The minimum Gasteiger partial charge on any atom is -0.269 e. The Kier molecular flexibility index (Phi) is 20.9. The maximum atomic E-state index is 4.92. The normalized spacial score (nSPS) is 8.50. The molecule has 0 N–H and O–H groups in total. The van der Waals surface area contributed by atoms with E-state index in [1.54, 1.807) is 0 Å². The molecule has 3 aromatic rings. The van der Waals surface area contributed by atoms with Crippen LogP contribution in [0.4, 0.5) is 14.1 Å². The van der Waals surface area contributed by atoms with Crippen molar-refractivity contribution in [3.8, 4) is 0 Å². The summed E-state index contributed by atoms with van der Waals surface area (Å²) in [5.41, 5.74) is 4.05. The van der Waals surface area contributed by atoms with Gasteiger partial charge in [0.05, 0.1) is 0 Å². The number of benzene rings is 3. The highest BCUT2D eigenvalue weighted by Crippen LogP contribution is 2.08. The van der Waals surface area contributed by atoms with E-state index in [9.17, 15) is 0 Å². The summed E-state index contributed by atoms with van der Waals surface area (Å²) in [6, 6.07) is 24.2. The number of rotatable bonds is 3. The molecular weight excluding hydrogens is 441 g/mol. The number of hydrogen-bond donors (Lipinski definition) is 0. The molecule has 0 heterocycles. The van der Waals surface area contributed by atoms with Crippen molar-refractivity contribution in [1.29, 1.82) is 0 Å². The third-order valence-corrected chi connectivity index (χ3v) is 4.81. The predicted octanol–water partition coefficient (Wildman–Crippen LogP) is 8.87. The van der Waals surface area contributed by atoms with Gasteiger partial charge in [-0.15, -0.1) is 0 Å². The van der Waals surface area contributed by atoms with Crippen LogP contribution in [0.2, 0.25) is 0 Å². The molecule has 0 aliphatic heterocycles. The molecule has 0 aromatic heterocycles. The average Bonchev–Trinajstić information content (AvgIpc) is 2.71. The van der Waals surface area contributed by atoms with Gasteiger partial charge in [0.1, 0.15) is 0 Å². The third kappa shape index (κ3) is 14.1. The number of aryl methyl sites for hydroxylation is 3. The zero-order chi connectivity index (χ0) is 20.1. The van der Waals surface area contributed by atoms with Crippen molar-refractivity contribution in [2.24, 2.45) is 0 Å². The molecule has 3 aromatic carbocycles. The molecule has 30 heavy (non-hydrogen) atoms. The second kappa shape index (κ2) is 19.1. The van der Waals surface area contributed by atoms with Gasteiger partial charge in [-0.25, -0.2) is 0 Å². The van der Waals surface area contributed by atoms with Crippen LogP contribution in [-0.4, -0.2) is 0 Å². The summed E-state index contributed by atoms with van der Waals surface area (Å²) in [6.45, 7) is 6.41. The average molecular weight is 472 g/mol. The van der Waals surface area contributed by atoms with E-state index in [4.69, 9.17) is 37.9 Å². The summed E-state index contributed by atoms with van der Waals surface area (Å²) < 4.78 is 0. The van der Waals surface area contributed by atoms with Crippen LogP contribution in [-0.2, 0) is 19.3 Å². The maximum absolute atomic E-state index is 4.92. The van der Waals surface area contributed by atoms with E-state index in [2.05, 4.69) is 57.2 Å². The summed E-state index contributed by atoms with van der Waals surface area (Å²) in [6.07, 6.45) is 3.28. The zero-order valence-corrected chi connectivity index (χ0v) is 19.9. The Labute approximate surface area is 195 Å². The Morgan fingerprint density at radius 3 is 0.700 bits per heavy atom. The lowest BCUT2D eigenvalue weighted by Crippen LogP contribution is -1.76. The van der Waals surface area contributed by atoms with Crippen molar-refractivity contribution in [2.75, 3.05) is 0 Å². The molecule has 0 amide bonds. The smallest absolute Gasteiger partial charge is 0.0377 e. The predicted molar refractivity (Wildman–Crippen MR) is 133 cm³/mol. The Morgan fingerprint density at radius 1 is 0.400 bits per heavy atom. The van der Waals surface area contributed by atoms with E-state index in [1.807, 2.05) is 36.4 Å². The molecule has 0 saturated heterocycles. The molecule has 3 rings (SSSR count). The molecule has 165 valence electrons. The zero-order valence-electron chi connectivity index (χ0n) is 17.5. The molecule has 0 saturated carbocycles. The van der Waals surface area contributed by atoms with Crippen LogP contribution in [0.15, 0.2) is 87.5 Å². The van der Waals surface area contributed by atoms with Crippen LogP contribution in [0.3, 0.4) is 0 Å². The first kappa shape index (κ1) is 32.8. The van der Waals surface area contributed by atoms with Gasteiger partial charge in [-0.05, 0) is 72.4 Å². The van der Waals surface area contributed by atoms with Crippen LogP contribution < -0.4 is 0 Å².